The van der Waals surface area contributed by atoms with Crippen molar-refractivity contribution in [1.82, 2.24) is 15.2 Å². The van der Waals surface area contributed by atoms with Gasteiger partial charge in [0.25, 0.3) is 5.56 Å². The average molecular weight is 532 g/mol. The molecular weight excluding hydrogens is 498 g/mol. The fourth-order valence-electron chi connectivity index (χ4n) is 4.36. The van der Waals surface area contributed by atoms with Gasteiger partial charge in [-0.25, -0.2) is 0 Å². The number of H-pyrrole nitrogens is 1. The van der Waals surface area contributed by atoms with Gasteiger partial charge in [0.1, 0.15) is 5.75 Å². The lowest BCUT2D eigenvalue weighted by atomic mass is 10.1. The molecule has 0 aliphatic heterocycles. The number of pyridine rings is 1. The highest BCUT2D eigenvalue weighted by molar-refractivity contribution is 7.80. The van der Waals surface area contributed by atoms with Crippen LogP contribution in [0.5, 0.6) is 17.2 Å². The maximum Gasteiger partial charge on any atom is 0.253 e. The Hall–Kier alpha value is -4.04. The first-order valence-electron chi connectivity index (χ1n) is 12.4. The minimum atomic E-state index is -0.111. The van der Waals surface area contributed by atoms with Gasteiger partial charge in [-0.15, -0.1) is 0 Å². The van der Waals surface area contributed by atoms with E-state index in [0.29, 0.717) is 41.8 Å². The Bertz CT molecular complexity index is 1470. The first-order valence-corrected chi connectivity index (χ1v) is 12.8. The molecule has 0 fully saturated rings. The third-order valence-corrected chi connectivity index (χ3v) is 6.89. The Kier molecular flexibility index (Phi) is 8.86. The molecule has 1 heterocycles. The summed E-state index contributed by atoms with van der Waals surface area (Å²) in [6.07, 6.45) is 0.743. The first-order chi connectivity index (χ1) is 18.4. The van der Waals surface area contributed by atoms with Crippen LogP contribution < -0.4 is 25.1 Å². The van der Waals surface area contributed by atoms with E-state index in [-0.39, 0.29) is 5.56 Å². The number of rotatable bonds is 10. The number of fused-ring (bicyclic) bond motifs is 1. The van der Waals surface area contributed by atoms with Gasteiger partial charge < -0.3 is 29.4 Å². The van der Waals surface area contributed by atoms with Crippen LogP contribution in [0.25, 0.3) is 10.9 Å². The summed E-state index contributed by atoms with van der Waals surface area (Å²) in [6.45, 7) is 3.52. The van der Waals surface area contributed by atoms with Gasteiger partial charge in [-0.3, -0.25) is 4.79 Å². The first kappa shape index (κ1) is 27.0. The molecule has 198 valence electrons. The van der Waals surface area contributed by atoms with E-state index < -0.39 is 0 Å². The molecular formula is C30H33N3O4S. The molecule has 0 bridgehead atoms. The van der Waals surface area contributed by atoms with Crippen molar-refractivity contribution in [2.75, 3.05) is 27.9 Å². The van der Waals surface area contributed by atoms with Gasteiger partial charge in [0, 0.05) is 18.7 Å². The largest absolute Gasteiger partial charge is 0.497 e. The lowest BCUT2D eigenvalue weighted by molar-refractivity contribution is 0.354. The summed E-state index contributed by atoms with van der Waals surface area (Å²) in [5.41, 5.74) is 4.59. The third-order valence-electron chi connectivity index (χ3n) is 6.48. The second-order valence-electron chi connectivity index (χ2n) is 9.04. The maximum atomic E-state index is 13.0. The topological polar surface area (TPSA) is 75.8 Å². The molecule has 0 amide bonds. The summed E-state index contributed by atoms with van der Waals surface area (Å²) < 4.78 is 16.0. The molecule has 7 nitrogen and oxygen atoms in total. The quantitative estimate of drug-likeness (QED) is 0.280. The monoisotopic (exact) mass is 531 g/mol. The number of benzene rings is 3. The van der Waals surface area contributed by atoms with Crippen LogP contribution in [0.15, 0.2) is 71.5 Å². The molecule has 0 radical (unpaired) electrons. The SMILES string of the molecule is COc1ccc(CN(Cc2cc3cccc(C)c3[nH]c2=O)C(=S)NCCc2ccc(OC)c(OC)c2)cc1. The van der Waals surface area contributed by atoms with Crippen LogP contribution in [0.2, 0.25) is 0 Å². The Balaban J connectivity index is 1.52. The standard InChI is InChI=1S/C30H33N3O4S/c1-20-6-5-7-23-17-24(29(34)32-28(20)23)19-33(18-22-8-11-25(35-2)12-9-22)30(38)31-15-14-21-10-13-26(36-3)27(16-21)37-4/h5-13,16-17H,14-15,18-19H2,1-4H3,(H,31,38)(H,32,34). The molecule has 8 heteroatoms. The zero-order valence-corrected chi connectivity index (χ0v) is 23.0. The Morgan fingerprint density at radius 1 is 0.895 bits per heavy atom. The summed E-state index contributed by atoms with van der Waals surface area (Å²) in [5.74, 6) is 2.18. The van der Waals surface area contributed by atoms with Crippen molar-refractivity contribution in [2.45, 2.75) is 26.4 Å². The number of hydrogen-bond acceptors (Lipinski definition) is 5. The second-order valence-corrected chi connectivity index (χ2v) is 9.42. The number of aromatic nitrogens is 1. The molecule has 0 aliphatic rings. The van der Waals surface area contributed by atoms with Crippen molar-refractivity contribution in [2.24, 2.45) is 0 Å². The van der Waals surface area contributed by atoms with Crippen molar-refractivity contribution in [3.8, 4) is 17.2 Å². The van der Waals surface area contributed by atoms with Crippen LogP contribution in [0, 0.1) is 6.92 Å². The number of aryl methyl sites for hydroxylation is 1. The fourth-order valence-corrected chi connectivity index (χ4v) is 4.60. The molecule has 0 saturated heterocycles. The lowest BCUT2D eigenvalue weighted by Gasteiger charge is -2.26. The summed E-state index contributed by atoms with van der Waals surface area (Å²) in [4.78, 5) is 18.1. The highest BCUT2D eigenvalue weighted by Crippen LogP contribution is 2.27. The van der Waals surface area contributed by atoms with E-state index in [4.69, 9.17) is 26.4 Å². The van der Waals surface area contributed by atoms with E-state index >= 15 is 0 Å². The van der Waals surface area contributed by atoms with Crippen molar-refractivity contribution in [1.29, 1.82) is 0 Å². The summed E-state index contributed by atoms with van der Waals surface area (Å²) in [6, 6.07) is 21.7. The van der Waals surface area contributed by atoms with Gasteiger partial charge in [0.15, 0.2) is 16.6 Å². The second kappa shape index (κ2) is 12.5. The van der Waals surface area contributed by atoms with Crippen LogP contribution >= 0.6 is 12.2 Å². The van der Waals surface area contributed by atoms with Gasteiger partial charge in [-0.1, -0.05) is 36.4 Å². The predicted octanol–water partition coefficient (Wildman–Crippen LogP) is 4.98. The minimum Gasteiger partial charge on any atom is -0.497 e. The lowest BCUT2D eigenvalue weighted by Crippen LogP contribution is -2.40. The van der Waals surface area contributed by atoms with Gasteiger partial charge in [0.05, 0.1) is 33.4 Å². The molecule has 0 aliphatic carbocycles. The number of para-hydroxylation sites is 1. The number of nitrogens with one attached hydrogen (secondary N) is 2. The van der Waals surface area contributed by atoms with E-state index in [1.165, 1.54) is 0 Å². The molecule has 3 aromatic carbocycles. The number of aromatic amines is 1. The average Bonchev–Trinajstić information content (AvgIpc) is 2.93. The van der Waals surface area contributed by atoms with E-state index in [1.54, 1.807) is 21.3 Å². The fraction of sp³-hybridized carbons (Fsp3) is 0.267. The van der Waals surface area contributed by atoms with E-state index in [2.05, 4.69) is 10.3 Å². The normalized spacial score (nSPS) is 10.7. The van der Waals surface area contributed by atoms with Crippen LogP contribution in [0.1, 0.15) is 22.3 Å². The van der Waals surface area contributed by atoms with E-state index in [0.717, 1.165) is 39.8 Å². The van der Waals surface area contributed by atoms with Crippen LogP contribution in [-0.4, -0.2) is 42.9 Å². The summed E-state index contributed by atoms with van der Waals surface area (Å²) in [5, 5.41) is 4.95. The Labute approximate surface area is 228 Å². The Morgan fingerprint density at radius 3 is 2.34 bits per heavy atom. The van der Waals surface area contributed by atoms with Crippen LogP contribution in [-0.2, 0) is 19.5 Å². The van der Waals surface area contributed by atoms with Gasteiger partial charge in [0.2, 0.25) is 0 Å². The number of hydrogen-bond donors (Lipinski definition) is 2. The highest BCUT2D eigenvalue weighted by atomic mass is 32.1. The molecule has 1 aromatic heterocycles. The zero-order chi connectivity index (χ0) is 27.1. The van der Waals surface area contributed by atoms with Crippen molar-refractivity contribution in [3.63, 3.8) is 0 Å². The summed E-state index contributed by atoms with van der Waals surface area (Å²) in [7, 11) is 4.89. The maximum absolute atomic E-state index is 13.0. The molecule has 4 aromatic rings. The number of thiocarbonyl (C=S) groups is 1. The molecule has 38 heavy (non-hydrogen) atoms. The molecule has 0 atom stereocenters. The number of methoxy groups -OCH3 is 3. The molecule has 0 saturated carbocycles. The molecule has 0 unspecified atom stereocenters. The van der Waals surface area contributed by atoms with Gasteiger partial charge >= 0.3 is 0 Å². The van der Waals surface area contributed by atoms with Crippen LogP contribution in [0.4, 0.5) is 0 Å². The molecule has 4 rings (SSSR count). The highest BCUT2D eigenvalue weighted by Gasteiger charge is 2.15. The Morgan fingerprint density at radius 2 is 1.63 bits per heavy atom. The summed E-state index contributed by atoms with van der Waals surface area (Å²) >= 11 is 5.82. The third kappa shape index (κ3) is 6.44. The number of nitrogens with zero attached hydrogens (tertiary/aromatic N) is 1. The van der Waals surface area contributed by atoms with E-state index in [9.17, 15) is 4.79 Å². The molecule has 0 spiro atoms. The zero-order valence-electron chi connectivity index (χ0n) is 22.2. The van der Waals surface area contributed by atoms with Crippen LogP contribution in [0.3, 0.4) is 0 Å². The van der Waals surface area contributed by atoms with Crippen molar-refractivity contribution < 1.29 is 14.2 Å². The molecule has 2 N–H and O–H groups in total. The number of ether oxygens (including phenoxy) is 3. The predicted molar refractivity (Wildman–Crippen MR) is 155 cm³/mol. The van der Waals surface area contributed by atoms with E-state index in [1.807, 2.05) is 78.6 Å². The van der Waals surface area contributed by atoms with Crippen molar-refractivity contribution >= 4 is 28.2 Å². The van der Waals surface area contributed by atoms with Gasteiger partial charge in [-0.2, -0.15) is 0 Å². The minimum absolute atomic E-state index is 0.111. The van der Waals surface area contributed by atoms with Gasteiger partial charge in [-0.05, 0) is 78.0 Å². The smallest absolute Gasteiger partial charge is 0.253 e. The van der Waals surface area contributed by atoms with Crippen molar-refractivity contribution in [3.05, 3.63) is 99.3 Å².